The van der Waals surface area contributed by atoms with Gasteiger partial charge in [-0.3, -0.25) is 5.32 Å². The predicted octanol–water partition coefficient (Wildman–Crippen LogP) is 0.986. The normalized spacial score (nSPS) is 11.1. The Morgan fingerprint density at radius 3 is 2.64 bits per heavy atom. The number of aromatic nitrogens is 2. The second-order valence-corrected chi connectivity index (χ2v) is 2.25. The number of nitrogens with zero attached hydrogens (tertiary/aromatic N) is 2. The first-order valence-corrected chi connectivity index (χ1v) is 3.36. The van der Waals surface area contributed by atoms with Crippen molar-refractivity contribution in [2.45, 2.75) is 6.18 Å². The average Bonchev–Trinajstić information content (AvgIpc) is 2.01. The van der Waals surface area contributed by atoms with Crippen LogP contribution in [0.4, 0.5) is 23.9 Å². The number of alkyl halides is 3. The van der Waals surface area contributed by atoms with Crippen LogP contribution in [0.3, 0.4) is 0 Å². The molecule has 1 aromatic rings. The molecule has 0 aliphatic heterocycles. The summed E-state index contributed by atoms with van der Waals surface area (Å²) in [6.07, 6.45) is -3.70. The van der Waals surface area contributed by atoms with Crippen molar-refractivity contribution in [3.05, 3.63) is 18.0 Å². The number of nitrogens with two attached hydrogens (primary N) is 1. The fourth-order valence-corrected chi connectivity index (χ4v) is 0.687. The highest BCUT2D eigenvalue weighted by Crippen LogP contribution is 2.27. The highest BCUT2D eigenvalue weighted by atomic mass is 19.4. The van der Waals surface area contributed by atoms with Gasteiger partial charge in [0.15, 0.2) is 0 Å². The zero-order chi connectivity index (χ0) is 10.8. The van der Waals surface area contributed by atoms with Crippen LogP contribution in [0.15, 0.2) is 12.3 Å². The topological polar surface area (TPSA) is 80.9 Å². The molecule has 0 atom stereocenters. The number of anilines is 1. The summed E-state index contributed by atoms with van der Waals surface area (Å²) in [6.45, 7) is 0. The molecule has 2 amide bonds. The van der Waals surface area contributed by atoms with E-state index in [-0.39, 0.29) is 0 Å². The lowest BCUT2D eigenvalue weighted by molar-refractivity contribution is -0.141. The SMILES string of the molecule is NC(=O)Nc1nccc(C(F)(F)F)n1. The van der Waals surface area contributed by atoms with Gasteiger partial charge in [0.2, 0.25) is 5.95 Å². The van der Waals surface area contributed by atoms with Crippen LogP contribution < -0.4 is 11.1 Å². The van der Waals surface area contributed by atoms with Gasteiger partial charge < -0.3 is 5.73 Å². The van der Waals surface area contributed by atoms with Crippen LogP contribution in [0.25, 0.3) is 0 Å². The molecule has 14 heavy (non-hydrogen) atoms. The zero-order valence-electron chi connectivity index (χ0n) is 6.67. The van der Waals surface area contributed by atoms with Crippen molar-refractivity contribution in [3.63, 3.8) is 0 Å². The second kappa shape index (κ2) is 3.48. The molecule has 0 spiro atoms. The van der Waals surface area contributed by atoms with E-state index < -0.39 is 23.8 Å². The Kier molecular flexibility index (Phi) is 2.54. The summed E-state index contributed by atoms with van der Waals surface area (Å²) in [5, 5.41) is 1.83. The molecule has 0 saturated carbocycles. The Morgan fingerprint density at radius 1 is 1.50 bits per heavy atom. The molecule has 0 saturated heterocycles. The van der Waals surface area contributed by atoms with E-state index in [1.54, 1.807) is 0 Å². The molecule has 0 aliphatic rings. The van der Waals surface area contributed by atoms with Gasteiger partial charge in [0.1, 0.15) is 5.69 Å². The minimum absolute atomic E-state index is 0.479. The number of carbonyl (C=O) groups is 1. The van der Waals surface area contributed by atoms with E-state index in [2.05, 4.69) is 15.7 Å². The van der Waals surface area contributed by atoms with Gasteiger partial charge in [0.05, 0.1) is 0 Å². The number of halogens is 3. The van der Waals surface area contributed by atoms with Gasteiger partial charge >= 0.3 is 12.2 Å². The number of nitrogens with one attached hydrogen (secondary N) is 1. The molecule has 0 aromatic carbocycles. The Labute approximate surface area is 76.1 Å². The fraction of sp³-hybridized carbons (Fsp3) is 0.167. The molecule has 3 N–H and O–H groups in total. The molecule has 0 fully saturated rings. The molecule has 1 rings (SSSR count). The number of hydrogen-bond acceptors (Lipinski definition) is 3. The van der Waals surface area contributed by atoms with Gasteiger partial charge in [-0.05, 0) is 6.07 Å². The van der Waals surface area contributed by atoms with Crippen molar-refractivity contribution in [3.8, 4) is 0 Å². The van der Waals surface area contributed by atoms with E-state index in [1.807, 2.05) is 5.32 Å². The summed E-state index contributed by atoms with van der Waals surface area (Å²) in [6, 6.07) is -0.337. The van der Waals surface area contributed by atoms with Gasteiger partial charge in [-0.1, -0.05) is 0 Å². The molecular weight excluding hydrogens is 201 g/mol. The molecule has 0 radical (unpaired) electrons. The Bertz CT molecular complexity index is 351. The van der Waals surface area contributed by atoms with E-state index in [9.17, 15) is 18.0 Å². The molecular formula is C6H5F3N4O. The zero-order valence-corrected chi connectivity index (χ0v) is 6.67. The highest BCUT2D eigenvalue weighted by molar-refractivity contribution is 5.85. The molecule has 8 heteroatoms. The third-order valence-electron chi connectivity index (χ3n) is 1.18. The lowest BCUT2D eigenvalue weighted by Gasteiger charge is -2.06. The average molecular weight is 206 g/mol. The first kappa shape index (κ1) is 10.2. The van der Waals surface area contributed by atoms with Gasteiger partial charge in [0, 0.05) is 6.20 Å². The molecule has 0 aliphatic carbocycles. The summed E-state index contributed by atoms with van der Waals surface area (Å²) < 4.78 is 36.2. The third-order valence-corrected chi connectivity index (χ3v) is 1.18. The predicted molar refractivity (Wildman–Crippen MR) is 40.2 cm³/mol. The standard InChI is InChI=1S/C6H5F3N4O/c7-6(8,9)3-1-2-11-5(12-3)13-4(10)14/h1-2H,(H3,10,11,12,13,14). The van der Waals surface area contributed by atoms with Crippen LogP contribution in [-0.2, 0) is 6.18 Å². The van der Waals surface area contributed by atoms with Crippen molar-refractivity contribution >= 4 is 12.0 Å². The van der Waals surface area contributed by atoms with Crippen LogP contribution in [0.1, 0.15) is 5.69 Å². The van der Waals surface area contributed by atoms with E-state index in [0.29, 0.717) is 6.07 Å². The number of rotatable bonds is 1. The minimum atomic E-state index is -4.57. The summed E-state index contributed by atoms with van der Waals surface area (Å²) in [5.74, 6) is -0.479. The summed E-state index contributed by atoms with van der Waals surface area (Å²) >= 11 is 0. The molecule has 1 aromatic heterocycles. The maximum Gasteiger partial charge on any atom is 0.433 e. The van der Waals surface area contributed by atoms with Crippen molar-refractivity contribution in [1.82, 2.24) is 9.97 Å². The van der Waals surface area contributed by atoms with Gasteiger partial charge in [-0.15, -0.1) is 0 Å². The number of urea groups is 1. The Hall–Kier alpha value is -1.86. The second-order valence-electron chi connectivity index (χ2n) is 2.25. The minimum Gasteiger partial charge on any atom is -0.351 e. The monoisotopic (exact) mass is 206 g/mol. The first-order valence-electron chi connectivity index (χ1n) is 3.36. The number of hydrogen-bond donors (Lipinski definition) is 2. The van der Waals surface area contributed by atoms with Crippen molar-refractivity contribution in [2.75, 3.05) is 5.32 Å². The van der Waals surface area contributed by atoms with Gasteiger partial charge in [-0.25, -0.2) is 14.8 Å². The van der Waals surface area contributed by atoms with Crippen LogP contribution in [0, 0.1) is 0 Å². The molecule has 0 bridgehead atoms. The van der Waals surface area contributed by atoms with Crippen LogP contribution in [-0.4, -0.2) is 16.0 Å². The van der Waals surface area contributed by atoms with Gasteiger partial charge in [0.25, 0.3) is 0 Å². The van der Waals surface area contributed by atoms with E-state index >= 15 is 0 Å². The maximum atomic E-state index is 12.1. The molecule has 1 heterocycles. The van der Waals surface area contributed by atoms with Crippen LogP contribution >= 0.6 is 0 Å². The van der Waals surface area contributed by atoms with Crippen LogP contribution in [0.5, 0.6) is 0 Å². The lowest BCUT2D eigenvalue weighted by atomic mass is 10.4. The molecule has 76 valence electrons. The summed E-state index contributed by atoms with van der Waals surface area (Å²) in [5.41, 5.74) is 3.53. The number of primary amides is 1. The van der Waals surface area contributed by atoms with E-state index in [4.69, 9.17) is 0 Å². The van der Waals surface area contributed by atoms with Crippen LogP contribution in [0.2, 0.25) is 0 Å². The lowest BCUT2D eigenvalue weighted by Crippen LogP contribution is -2.22. The number of amides is 2. The highest BCUT2D eigenvalue weighted by Gasteiger charge is 2.32. The fourth-order valence-electron chi connectivity index (χ4n) is 0.687. The maximum absolute atomic E-state index is 12.1. The van der Waals surface area contributed by atoms with Gasteiger partial charge in [-0.2, -0.15) is 13.2 Å². The summed E-state index contributed by atoms with van der Waals surface area (Å²) in [7, 11) is 0. The largest absolute Gasteiger partial charge is 0.433 e. The first-order chi connectivity index (χ1) is 6.39. The quantitative estimate of drug-likeness (QED) is 0.718. The Morgan fingerprint density at radius 2 is 2.14 bits per heavy atom. The van der Waals surface area contributed by atoms with E-state index in [0.717, 1.165) is 6.20 Å². The molecule has 0 unspecified atom stereocenters. The van der Waals surface area contributed by atoms with Crippen molar-refractivity contribution < 1.29 is 18.0 Å². The summed E-state index contributed by atoms with van der Waals surface area (Å²) in [4.78, 5) is 16.7. The smallest absolute Gasteiger partial charge is 0.351 e. The molecule has 5 nitrogen and oxygen atoms in total. The number of carbonyl (C=O) groups excluding carboxylic acids is 1. The van der Waals surface area contributed by atoms with Crippen molar-refractivity contribution in [1.29, 1.82) is 0 Å². The Balaban J connectivity index is 2.95. The van der Waals surface area contributed by atoms with Crippen molar-refractivity contribution in [2.24, 2.45) is 5.73 Å². The van der Waals surface area contributed by atoms with E-state index in [1.165, 1.54) is 0 Å². The third kappa shape index (κ3) is 2.57.